The number of hydrogen-bond acceptors (Lipinski definition) is 3. The number of nitrogens with zero attached hydrogens (tertiary/aromatic N) is 1. The van der Waals surface area contributed by atoms with Gasteiger partial charge in [0.1, 0.15) is 5.82 Å². The topological polar surface area (TPSA) is 63.4 Å². The van der Waals surface area contributed by atoms with Crippen LogP contribution in [0.5, 0.6) is 0 Å². The van der Waals surface area contributed by atoms with Gasteiger partial charge >= 0.3 is 0 Å². The van der Waals surface area contributed by atoms with E-state index >= 15 is 0 Å². The number of hydrogen-bond donors (Lipinski definition) is 1. The Morgan fingerprint density at radius 3 is 2.43 bits per heavy atom. The number of halogens is 1. The summed E-state index contributed by atoms with van der Waals surface area (Å²) in [5, 5.41) is 0. The molecule has 1 aromatic carbocycles. The fourth-order valence-electron chi connectivity index (χ4n) is 2.28. The van der Waals surface area contributed by atoms with E-state index in [1.54, 1.807) is 26.0 Å². The highest BCUT2D eigenvalue weighted by Gasteiger charge is 2.41. The van der Waals surface area contributed by atoms with Crippen molar-refractivity contribution in [2.24, 2.45) is 17.6 Å². The van der Waals surface area contributed by atoms with Crippen LogP contribution >= 0.6 is 0 Å². The van der Waals surface area contributed by atoms with Crippen LogP contribution in [0.4, 0.5) is 4.39 Å². The Morgan fingerprint density at radius 1 is 1.24 bits per heavy atom. The predicted octanol–water partition coefficient (Wildman–Crippen LogP) is 1.28. The molecule has 110 valence electrons. The maximum absolute atomic E-state index is 13.6. The average molecular weight is 288 g/mol. The molecule has 0 aliphatic carbocycles. The number of rotatable bonds is 2. The lowest BCUT2D eigenvalue weighted by molar-refractivity contribution is -0.140. The molecule has 1 aliphatic heterocycles. The molecule has 2 N–H and O–H groups in total. The average Bonchev–Trinajstić information content (AvgIpc) is 2.65. The van der Waals surface area contributed by atoms with E-state index in [1.165, 1.54) is 11.0 Å². The first-order valence-electron chi connectivity index (χ1n) is 6.78. The van der Waals surface area contributed by atoms with Crippen molar-refractivity contribution in [3.05, 3.63) is 35.1 Å². The van der Waals surface area contributed by atoms with Crippen molar-refractivity contribution in [3.63, 3.8) is 0 Å². The summed E-state index contributed by atoms with van der Waals surface area (Å²) in [6.07, 6.45) is 0. The SMILES string of the molecule is CC1C(=O)N(Cc2ccc(F)c(C#CCN)c2)C(=O)C1C. The summed E-state index contributed by atoms with van der Waals surface area (Å²) in [5.41, 5.74) is 6.16. The lowest BCUT2D eigenvalue weighted by Gasteiger charge is -2.14. The molecule has 1 aromatic rings. The van der Waals surface area contributed by atoms with Gasteiger partial charge in [-0.15, -0.1) is 0 Å². The van der Waals surface area contributed by atoms with Crippen LogP contribution in [0.15, 0.2) is 18.2 Å². The Hall–Kier alpha value is -2.19. The van der Waals surface area contributed by atoms with Crippen LogP contribution in [0.25, 0.3) is 0 Å². The van der Waals surface area contributed by atoms with Gasteiger partial charge in [-0.2, -0.15) is 0 Å². The van der Waals surface area contributed by atoms with E-state index in [9.17, 15) is 14.0 Å². The van der Waals surface area contributed by atoms with E-state index in [4.69, 9.17) is 5.73 Å². The second-order valence-corrected chi connectivity index (χ2v) is 5.16. The van der Waals surface area contributed by atoms with Crippen LogP contribution in [0.3, 0.4) is 0 Å². The summed E-state index contributed by atoms with van der Waals surface area (Å²) in [6, 6.07) is 4.39. The Kier molecular flexibility index (Phi) is 4.39. The minimum absolute atomic E-state index is 0.141. The van der Waals surface area contributed by atoms with Crippen molar-refractivity contribution in [1.82, 2.24) is 4.90 Å². The van der Waals surface area contributed by atoms with E-state index < -0.39 is 5.82 Å². The van der Waals surface area contributed by atoms with Gasteiger partial charge in [0.05, 0.1) is 18.7 Å². The standard InChI is InChI=1S/C16H17FN2O2/c1-10-11(2)16(21)19(15(10)20)9-12-5-6-14(17)13(8-12)4-3-7-18/h5-6,8,10-11H,7,9,18H2,1-2H3. The Balaban J connectivity index is 2.24. The van der Waals surface area contributed by atoms with Crippen LogP contribution in [-0.4, -0.2) is 23.3 Å². The lowest BCUT2D eigenvalue weighted by atomic mass is 10.00. The van der Waals surface area contributed by atoms with Crippen molar-refractivity contribution in [2.45, 2.75) is 20.4 Å². The highest BCUT2D eigenvalue weighted by atomic mass is 19.1. The van der Waals surface area contributed by atoms with Gasteiger partial charge in [0, 0.05) is 11.8 Å². The third kappa shape index (κ3) is 2.96. The maximum Gasteiger partial charge on any atom is 0.233 e. The third-order valence-corrected chi connectivity index (χ3v) is 3.76. The van der Waals surface area contributed by atoms with Crippen LogP contribution in [0, 0.1) is 29.5 Å². The molecule has 4 nitrogen and oxygen atoms in total. The number of likely N-dealkylation sites (tertiary alicyclic amines) is 1. The molecule has 1 aliphatic rings. The van der Waals surface area contributed by atoms with Gasteiger partial charge in [0.2, 0.25) is 11.8 Å². The molecular weight excluding hydrogens is 271 g/mol. The second-order valence-electron chi connectivity index (χ2n) is 5.16. The molecule has 1 heterocycles. The highest BCUT2D eigenvalue weighted by Crippen LogP contribution is 2.27. The zero-order valence-electron chi connectivity index (χ0n) is 12.0. The second kappa shape index (κ2) is 6.06. The van der Waals surface area contributed by atoms with Gasteiger partial charge in [-0.1, -0.05) is 31.8 Å². The summed E-state index contributed by atoms with van der Waals surface area (Å²) in [4.78, 5) is 25.3. The van der Waals surface area contributed by atoms with E-state index in [2.05, 4.69) is 11.8 Å². The summed E-state index contributed by atoms with van der Waals surface area (Å²) < 4.78 is 13.6. The molecule has 5 heteroatoms. The highest BCUT2D eigenvalue weighted by molar-refractivity contribution is 6.04. The molecule has 2 atom stereocenters. The summed E-state index contributed by atoms with van der Waals surface area (Å²) in [6.45, 7) is 3.77. The van der Waals surface area contributed by atoms with E-state index in [0.717, 1.165) is 0 Å². The van der Waals surface area contributed by atoms with Crippen LogP contribution in [0.2, 0.25) is 0 Å². The van der Waals surface area contributed by atoms with Crippen LogP contribution in [-0.2, 0) is 16.1 Å². The van der Waals surface area contributed by atoms with Gasteiger partial charge in [-0.05, 0) is 17.7 Å². The first-order valence-corrected chi connectivity index (χ1v) is 6.78. The Bertz CT molecular complexity index is 625. The number of carbonyl (C=O) groups excluding carboxylic acids is 2. The van der Waals surface area contributed by atoms with Crippen molar-refractivity contribution in [3.8, 4) is 11.8 Å². The molecule has 1 saturated heterocycles. The minimum atomic E-state index is -0.444. The largest absolute Gasteiger partial charge is 0.320 e. The number of benzene rings is 1. The molecule has 0 radical (unpaired) electrons. The Labute approximate surface area is 123 Å². The predicted molar refractivity (Wildman–Crippen MR) is 76.2 cm³/mol. The summed E-state index contributed by atoms with van der Waals surface area (Å²) >= 11 is 0. The smallest absolute Gasteiger partial charge is 0.233 e. The molecule has 0 saturated carbocycles. The quantitative estimate of drug-likeness (QED) is 0.658. The van der Waals surface area contributed by atoms with Crippen LogP contribution < -0.4 is 5.73 Å². The molecule has 0 bridgehead atoms. The van der Waals surface area contributed by atoms with E-state index in [0.29, 0.717) is 5.56 Å². The molecule has 2 amide bonds. The molecule has 0 aromatic heterocycles. The fraction of sp³-hybridized carbons (Fsp3) is 0.375. The van der Waals surface area contributed by atoms with Gasteiger partial charge in [-0.25, -0.2) is 4.39 Å². The van der Waals surface area contributed by atoms with Gasteiger partial charge in [0.15, 0.2) is 0 Å². The molecule has 21 heavy (non-hydrogen) atoms. The van der Waals surface area contributed by atoms with Crippen molar-refractivity contribution in [2.75, 3.05) is 6.54 Å². The first kappa shape index (κ1) is 15.2. The molecule has 1 fully saturated rings. The van der Waals surface area contributed by atoms with Crippen molar-refractivity contribution < 1.29 is 14.0 Å². The van der Waals surface area contributed by atoms with Gasteiger partial charge in [0.25, 0.3) is 0 Å². The molecule has 0 spiro atoms. The van der Waals surface area contributed by atoms with Crippen molar-refractivity contribution >= 4 is 11.8 Å². The number of carbonyl (C=O) groups is 2. The van der Waals surface area contributed by atoms with E-state index in [1.807, 2.05) is 0 Å². The van der Waals surface area contributed by atoms with Crippen LogP contribution in [0.1, 0.15) is 25.0 Å². The zero-order chi connectivity index (χ0) is 15.6. The lowest BCUT2D eigenvalue weighted by Crippen LogP contribution is -2.30. The number of imide groups is 1. The normalized spacial score (nSPS) is 21.4. The minimum Gasteiger partial charge on any atom is -0.320 e. The number of amides is 2. The number of nitrogens with two attached hydrogens (primary N) is 1. The first-order chi connectivity index (χ1) is 9.95. The van der Waals surface area contributed by atoms with Gasteiger partial charge in [-0.3, -0.25) is 14.5 Å². The monoisotopic (exact) mass is 288 g/mol. The summed E-state index contributed by atoms with van der Waals surface area (Å²) in [5.74, 6) is 3.79. The van der Waals surface area contributed by atoms with Crippen molar-refractivity contribution in [1.29, 1.82) is 0 Å². The maximum atomic E-state index is 13.6. The fourth-order valence-corrected chi connectivity index (χ4v) is 2.28. The Morgan fingerprint density at radius 2 is 1.86 bits per heavy atom. The van der Waals surface area contributed by atoms with E-state index in [-0.39, 0.29) is 42.3 Å². The molecule has 2 rings (SSSR count). The summed E-state index contributed by atoms with van der Waals surface area (Å²) in [7, 11) is 0. The van der Waals surface area contributed by atoms with Gasteiger partial charge < -0.3 is 5.73 Å². The third-order valence-electron chi connectivity index (χ3n) is 3.76. The zero-order valence-corrected chi connectivity index (χ0v) is 12.0. The molecule has 2 unspecified atom stereocenters. The molecular formula is C16H17FN2O2.